The van der Waals surface area contributed by atoms with Gasteiger partial charge >= 0.3 is 5.97 Å². The molecular weight excluding hydrogens is 465 g/mol. The van der Waals surface area contributed by atoms with Crippen molar-refractivity contribution >= 4 is 40.2 Å². The minimum atomic E-state index is -0.966. The van der Waals surface area contributed by atoms with Gasteiger partial charge in [-0.1, -0.05) is 23.7 Å². The Bertz CT molecular complexity index is 1280. The summed E-state index contributed by atoms with van der Waals surface area (Å²) in [4.78, 5) is 41.3. The van der Waals surface area contributed by atoms with Gasteiger partial charge in [0, 0.05) is 36.7 Å². The first-order valence-electron chi connectivity index (χ1n) is 10.7. The number of nitrogens with zero attached hydrogens (tertiary/aromatic N) is 4. The highest BCUT2D eigenvalue weighted by molar-refractivity contribution is 6.30. The van der Waals surface area contributed by atoms with Crippen molar-refractivity contribution in [3.8, 4) is 0 Å². The molecule has 2 aromatic heterocycles. The average Bonchev–Trinajstić information content (AvgIpc) is 3.31. The van der Waals surface area contributed by atoms with Crippen LogP contribution in [-0.2, 0) is 22.7 Å². The smallest absolute Gasteiger partial charge is 0.326 e. The van der Waals surface area contributed by atoms with E-state index in [0.717, 1.165) is 6.42 Å². The van der Waals surface area contributed by atoms with Crippen LogP contribution in [0.2, 0.25) is 5.02 Å². The van der Waals surface area contributed by atoms with Gasteiger partial charge in [0.25, 0.3) is 0 Å². The molecule has 1 aromatic carbocycles. The lowest BCUT2D eigenvalue weighted by molar-refractivity contribution is -0.149. The molecule has 3 heterocycles. The Balaban J connectivity index is 0.000000231. The first-order chi connectivity index (χ1) is 16.2. The molecular formula is C23H23ClFN5O4. The highest BCUT2D eigenvalue weighted by atomic mass is 35.5. The maximum Gasteiger partial charge on any atom is 0.326 e. The maximum absolute atomic E-state index is 12.8. The maximum atomic E-state index is 12.8. The number of likely N-dealkylation sites (tertiary alicyclic amines) is 1. The fraction of sp³-hybridized carbons (Fsp3) is 0.348. The van der Waals surface area contributed by atoms with Crippen LogP contribution in [0.5, 0.6) is 0 Å². The van der Waals surface area contributed by atoms with Gasteiger partial charge in [0.05, 0.1) is 16.7 Å². The van der Waals surface area contributed by atoms with E-state index >= 15 is 0 Å². The number of aromatic nitrogens is 3. The van der Waals surface area contributed by atoms with Gasteiger partial charge in [-0.25, -0.2) is 9.18 Å². The van der Waals surface area contributed by atoms with E-state index in [0.29, 0.717) is 34.5 Å². The first kappa shape index (κ1) is 23.8. The van der Waals surface area contributed by atoms with E-state index in [1.54, 1.807) is 30.6 Å². The molecule has 0 radical (unpaired) electrons. The second kappa shape index (κ2) is 9.47. The van der Waals surface area contributed by atoms with E-state index in [4.69, 9.17) is 17.3 Å². The second-order valence-electron chi connectivity index (χ2n) is 8.33. The van der Waals surface area contributed by atoms with Crippen LogP contribution in [0.3, 0.4) is 0 Å². The van der Waals surface area contributed by atoms with Gasteiger partial charge in [0.15, 0.2) is 5.78 Å². The zero-order valence-electron chi connectivity index (χ0n) is 18.3. The molecule has 0 spiro atoms. The molecule has 3 atom stereocenters. The lowest BCUT2D eigenvalue weighted by atomic mass is 10.1. The van der Waals surface area contributed by atoms with Gasteiger partial charge < -0.3 is 15.7 Å². The number of carbonyl (C=O) groups excluding carboxylic acids is 2. The third-order valence-corrected chi connectivity index (χ3v) is 6.39. The molecule has 11 heteroatoms. The van der Waals surface area contributed by atoms with E-state index in [2.05, 4.69) is 10.1 Å². The van der Waals surface area contributed by atoms with Gasteiger partial charge in [-0.3, -0.25) is 19.3 Å². The normalized spacial score (nSPS) is 20.5. The van der Waals surface area contributed by atoms with Crippen LogP contribution in [0.15, 0.2) is 36.7 Å². The van der Waals surface area contributed by atoms with E-state index in [1.165, 1.54) is 22.6 Å². The van der Waals surface area contributed by atoms with Gasteiger partial charge in [-0.05, 0) is 30.9 Å². The van der Waals surface area contributed by atoms with Crippen molar-refractivity contribution in [1.29, 1.82) is 0 Å². The van der Waals surface area contributed by atoms with E-state index in [1.807, 2.05) is 0 Å². The number of benzene rings is 1. The predicted octanol–water partition coefficient (Wildman–Crippen LogP) is 2.65. The van der Waals surface area contributed by atoms with Crippen LogP contribution in [0.25, 0.3) is 10.9 Å². The fourth-order valence-electron chi connectivity index (χ4n) is 4.35. The van der Waals surface area contributed by atoms with Gasteiger partial charge in [-0.2, -0.15) is 5.10 Å². The molecule has 5 rings (SSSR count). The van der Waals surface area contributed by atoms with Crippen molar-refractivity contribution in [3.05, 3.63) is 58.8 Å². The Labute approximate surface area is 199 Å². The Hall–Kier alpha value is -3.37. The highest BCUT2D eigenvalue weighted by Crippen LogP contribution is 2.48. The number of carboxylic acid groups (broad SMARTS) is 1. The number of hydrogen-bond donors (Lipinski definition) is 2. The number of halogens is 2. The summed E-state index contributed by atoms with van der Waals surface area (Å²) >= 11 is 5.46. The van der Waals surface area contributed by atoms with Gasteiger partial charge in [0.1, 0.15) is 24.1 Å². The van der Waals surface area contributed by atoms with E-state index in [9.17, 15) is 23.9 Å². The summed E-state index contributed by atoms with van der Waals surface area (Å²) in [6.45, 7) is 1.51. The Kier molecular flexibility index (Phi) is 6.63. The van der Waals surface area contributed by atoms with Crippen LogP contribution in [0.1, 0.15) is 35.8 Å². The number of carboxylic acids is 1. The monoisotopic (exact) mass is 487 g/mol. The summed E-state index contributed by atoms with van der Waals surface area (Å²) in [7, 11) is 0. The SMILES string of the molecule is CC(=O)c1nn(CC(=O)N2[C@@H]3C[C@@H]3C[C@H]2C(=O)O)c2cnccc12.NCc1cccc(Cl)c1F. The summed E-state index contributed by atoms with van der Waals surface area (Å²) in [6.07, 6.45) is 4.51. The third kappa shape index (κ3) is 4.51. The summed E-state index contributed by atoms with van der Waals surface area (Å²) in [5, 5.41) is 14.3. The summed E-state index contributed by atoms with van der Waals surface area (Å²) in [5.74, 6) is -1.54. The molecule has 1 saturated heterocycles. The zero-order valence-corrected chi connectivity index (χ0v) is 19.1. The molecule has 0 bridgehead atoms. The summed E-state index contributed by atoms with van der Waals surface area (Å²) in [6, 6.07) is 5.75. The third-order valence-electron chi connectivity index (χ3n) is 6.10. The minimum Gasteiger partial charge on any atom is -0.480 e. The molecule has 178 valence electrons. The van der Waals surface area contributed by atoms with Crippen LogP contribution < -0.4 is 5.73 Å². The number of hydrogen-bond acceptors (Lipinski definition) is 6. The van der Waals surface area contributed by atoms with Crippen molar-refractivity contribution in [3.63, 3.8) is 0 Å². The van der Waals surface area contributed by atoms with Crippen molar-refractivity contribution in [1.82, 2.24) is 19.7 Å². The van der Waals surface area contributed by atoms with Crippen LogP contribution in [0, 0.1) is 11.7 Å². The summed E-state index contributed by atoms with van der Waals surface area (Å²) in [5.41, 5.74) is 6.56. The predicted molar refractivity (Wildman–Crippen MR) is 122 cm³/mol. The van der Waals surface area contributed by atoms with Crippen LogP contribution in [0.4, 0.5) is 4.39 Å². The number of amides is 1. The summed E-state index contributed by atoms with van der Waals surface area (Å²) < 4.78 is 14.2. The van der Waals surface area contributed by atoms with Gasteiger partial charge in [0.2, 0.25) is 5.91 Å². The molecule has 1 amide bonds. The minimum absolute atomic E-state index is 0.0332. The molecule has 3 aromatic rings. The van der Waals surface area contributed by atoms with E-state index < -0.39 is 17.8 Å². The number of ketones is 1. The molecule has 2 fully saturated rings. The Morgan fingerprint density at radius 3 is 2.68 bits per heavy atom. The Morgan fingerprint density at radius 1 is 1.26 bits per heavy atom. The topological polar surface area (TPSA) is 131 Å². The molecule has 1 aliphatic carbocycles. The van der Waals surface area contributed by atoms with Crippen LogP contribution >= 0.6 is 11.6 Å². The molecule has 34 heavy (non-hydrogen) atoms. The number of piperidine rings is 1. The van der Waals surface area contributed by atoms with Crippen molar-refractivity contribution in [2.24, 2.45) is 11.7 Å². The van der Waals surface area contributed by atoms with Crippen molar-refractivity contribution in [2.75, 3.05) is 0 Å². The number of rotatable bonds is 5. The number of aliphatic carboxylic acids is 1. The number of pyridine rings is 1. The quantitative estimate of drug-likeness (QED) is 0.529. The average molecular weight is 488 g/mol. The molecule has 3 N–H and O–H groups in total. The van der Waals surface area contributed by atoms with Gasteiger partial charge in [-0.15, -0.1) is 0 Å². The highest BCUT2D eigenvalue weighted by Gasteiger charge is 2.56. The van der Waals surface area contributed by atoms with Crippen molar-refractivity contribution < 1.29 is 23.9 Å². The number of Topliss-reactive ketones (excluding diaryl/α,β-unsaturated/α-hetero) is 1. The fourth-order valence-corrected chi connectivity index (χ4v) is 4.55. The lowest BCUT2D eigenvalue weighted by Gasteiger charge is -2.24. The first-order valence-corrected chi connectivity index (χ1v) is 11.1. The van der Waals surface area contributed by atoms with Crippen LogP contribution in [-0.4, -0.2) is 54.5 Å². The zero-order chi connectivity index (χ0) is 24.6. The number of fused-ring (bicyclic) bond motifs is 2. The van der Waals surface area contributed by atoms with Crippen molar-refractivity contribution in [2.45, 2.75) is 44.9 Å². The number of carbonyl (C=O) groups is 3. The number of nitrogens with two attached hydrogens (primary N) is 1. The molecule has 0 unspecified atom stereocenters. The molecule has 1 aliphatic heterocycles. The largest absolute Gasteiger partial charge is 0.480 e. The molecule has 9 nitrogen and oxygen atoms in total. The molecule has 2 aliphatic rings. The molecule has 1 saturated carbocycles. The van der Waals surface area contributed by atoms with E-state index in [-0.39, 0.29) is 35.8 Å². The lowest BCUT2D eigenvalue weighted by Crippen LogP contribution is -2.44. The Morgan fingerprint density at radius 2 is 2.03 bits per heavy atom. The second-order valence-corrected chi connectivity index (χ2v) is 8.73. The standard InChI is InChI=1S/C16H16N4O4.C7H7ClFN/c1-8(21)15-10-2-3-17-6-13(10)19(18-15)7-14(22)20-11-4-9(11)5-12(20)16(23)24;8-6-3-1-2-5(4-10)7(6)9/h2-3,6,9,11-12H,4-5,7H2,1H3,(H,23,24);1-3H,4,10H2/t9-,11-,12+;/m1./s1.